The molecular weight excluding hydrogens is 274 g/mol. The summed E-state index contributed by atoms with van der Waals surface area (Å²) in [5.41, 5.74) is 2.33. The number of benzene rings is 2. The number of carbonyl (C=O) groups is 1. The molecule has 3 heteroatoms. The summed E-state index contributed by atoms with van der Waals surface area (Å²) in [5, 5.41) is 2.88. The fourth-order valence-corrected chi connectivity index (χ4v) is 2.12. The Labute approximate surface area is 132 Å². The van der Waals surface area contributed by atoms with Crippen LogP contribution in [0.2, 0.25) is 0 Å². The van der Waals surface area contributed by atoms with Crippen molar-refractivity contribution in [2.45, 2.75) is 39.3 Å². The fourth-order valence-electron chi connectivity index (χ4n) is 2.12. The average Bonchev–Trinajstić information content (AvgIpc) is 2.54. The van der Waals surface area contributed by atoms with Crippen LogP contribution in [0.4, 0.5) is 0 Å². The van der Waals surface area contributed by atoms with Gasteiger partial charge in [0.2, 0.25) is 0 Å². The molecule has 0 aliphatic rings. The van der Waals surface area contributed by atoms with Crippen LogP contribution in [0, 0.1) is 0 Å². The van der Waals surface area contributed by atoms with E-state index in [2.05, 4.69) is 19.2 Å². The zero-order chi connectivity index (χ0) is 15.9. The maximum absolute atomic E-state index is 12.1. The molecule has 1 atom stereocenters. The third kappa shape index (κ3) is 4.62. The Bertz CT molecular complexity index is 591. The van der Waals surface area contributed by atoms with Gasteiger partial charge in [-0.15, -0.1) is 0 Å². The van der Waals surface area contributed by atoms with Gasteiger partial charge in [0, 0.05) is 6.54 Å². The number of rotatable bonds is 6. The zero-order valence-corrected chi connectivity index (χ0v) is 13.4. The summed E-state index contributed by atoms with van der Waals surface area (Å²) >= 11 is 0. The lowest BCUT2D eigenvalue weighted by Gasteiger charge is -2.15. The van der Waals surface area contributed by atoms with Gasteiger partial charge in [-0.2, -0.15) is 0 Å². The number of carbonyl (C=O) groups excluding carboxylic acids is 1. The first kappa shape index (κ1) is 16.1. The minimum Gasteiger partial charge on any atom is -0.481 e. The topological polar surface area (TPSA) is 38.3 Å². The molecule has 116 valence electrons. The van der Waals surface area contributed by atoms with Crippen LogP contribution in [0.3, 0.4) is 0 Å². The van der Waals surface area contributed by atoms with Crippen molar-refractivity contribution in [2.24, 2.45) is 0 Å². The number of ether oxygens (including phenoxy) is 1. The van der Waals surface area contributed by atoms with Crippen LogP contribution in [-0.4, -0.2) is 12.0 Å². The first-order valence-corrected chi connectivity index (χ1v) is 7.64. The van der Waals surface area contributed by atoms with E-state index in [1.54, 1.807) is 6.92 Å². The lowest BCUT2D eigenvalue weighted by molar-refractivity contribution is -0.127. The predicted octanol–water partition coefficient (Wildman–Crippen LogP) is 3.89. The van der Waals surface area contributed by atoms with Gasteiger partial charge >= 0.3 is 0 Å². The summed E-state index contributed by atoms with van der Waals surface area (Å²) in [6.45, 7) is 6.57. The van der Waals surface area contributed by atoms with Crippen molar-refractivity contribution in [1.82, 2.24) is 5.32 Å². The van der Waals surface area contributed by atoms with Gasteiger partial charge < -0.3 is 10.1 Å². The van der Waals surface area contributed by atoms with Crippen LogP contribution in [0.1, 0.15) is 37.8 Å². The second-order valence-corrected chi connectivity index (χ2v) is 5.69. The van der Waals surface area contributed by atoms with Gasteiger partial charge in [-0.3, -0.25) is 4.79 Å². The molecule has 0 heterocycles. The molecule has 0 aliphatic carbocycles. The Hall–Kier alpha value is -2.29. The molecule has 1 amide bonds. The molecule has 0 aromatic heterocycles. The van der Waals surface area contributed by atoms with Crippen LogP contribution in [0.15, 0.2) is 54.6 Å². The molecule has 0 spiro atoms. The molecule has 2 rings (SSSR count). The fraction of sp³-hybridized carbons (Fsp3) is 0.316. The van der Waals surface area contributed by atoms with Crippen molar-refractivity contribution in [3.63, 3.8) is 0 Å². The van der Waals surface area contributed by atoms with E-state index < -0.39 is 6.10 Å². The number of hydrogen-bond donors (Lipinski definition) is 1. The van der Waals surface area contributed by atoms with Gasteiger partial charge in [-0.25, -0.2) is 0 Å². The second kappa shape index (κ2) is 7.64. The quantitative estimate of drug-likeness (QED) is 0.878. The van der Waals surface area contributed by atoms with Crippen LogP contribution < -0.4 is 10.1 Å². The molecular formula is C19H23NO2. The molecule has 2 aromatic carbocycles. The van der Waals surface area contributed by atoms with E-state index in [1.807, 2.05) is 54.6 Å². The average molecular weight is 297 g/mol. The summed E-state index contributed by atoms with van der Waals surface area (Å²) in [6.07, 6.45) is -0.520. The first-order chi connectivity index (χ1) is 10.6. The molecule has 0 saturated carbocycles. The van der Waals surface area contributed by atoms with Crippen molar-refractivity contribution in [1.29, 1.82) is 0 Å². The maximum Gasteiger partial charge on any atom is 0.261 e. The highest BCUT2D eigenvalue weighted by atomic mass is 16.5. The Morgan fingerprint density at radius 3 is 2.23 bits per heavy atom. The van der Waals surface area contributed by atoms with Crippen LogP contribution in [0.5, 0.6) is 5.75 Å². The molecule has 0 aliphatic heterocycles. The van der Waals surface area contributed by atoms with Gasteiger partial charge in [0.15, 0.2) is 6.10 Å². The Morgan fingerprint density at radius 1 is 1.00 bits per heavy atom. The normalized spacial score (nSPS) is 12.0. The van der Waals surface area contributed by atoms with Gasteiger partial charge in [0.1, 0.15) is 5.75 Å². The predicted molar refractivity (Wildman–Crippen MR) is 88.9 cm³/mol. The molecule has 0 saturated heterocycles. The lowest BCUT2D eigenvalue weighted by atomic mass is 10.0. The van der Waals surface area contributed by atoms with E-state index in [0.717, 1.165) is 5.56 Å². The largest absolute Gasteiger partial charge is 0.481 e. The molecule has 0 fully saturated rings. The molecule has 2 aromatic rings. The van der Waals surface area contributed by atoms with E-state index in [9.17, 15) is 4.79 Å². The zero-order valence-electron chi connectivity index (χ0n) is 13.4. The highest BCUT2D eigenvalue weighted by Crippen LogP contribution is 2.19. The van der Waals surface area contributed by atoms with E-state index in [-0.39, 0.29) is 5.91 Å². The number of hydrogen-bond acceptors (Lipinski definition) is 2. The third-order valence-corrected chi connectivity index (χ3v) is 3.54. The van der Waals surface area contributed by atoms with Crippen molar-refractivity contribution in [3.05, 3.63) is 65.7 Å². The van der Waals surface area contributed by atoms with Gasteiger partial charge in [-0.1, -0.05) is 56.3 Å². The monoisotopic (exact) mass is 297 g/mol. The SMILES string of the molecule is CC(C)c1ccc(O[C@H](C)C(=O)NCc2ccccc2)cc1. The maximum atomic E-state index is 12.1. The third-order valence-electron chi connectivity index (χ3n) is 3.54. The molecule has 22 heavy (non-hydrogen) atoms. The summed E-state index contributed by atoms with van der Waals surface area (Å²) in [6, 6.07) is 17.7. The van der Waals surface area contributed by atoms with Gasteiger partial charge in [-0.05, 0) is 36.1 Å². The highest BCUT2D eigenvalue weighted by molar-refractivity contribution is 5.80. The van der Waals surface area contributed by atoms with Crippen LogP contribution >= 0.6 is 0 Å². The Balaban J connectivity index is 1.85. The minimum absolute atomic E-state index is 0.114. The Morgan fingerprint density at radius 2 is 1.64 bits per heavy atom. The van der Waals surface area contributed by atoms with Crippen molar-refractivity contribution in [2.75, 3.05) is 0 Å². The molecule has 0 unspecified atom stereocenters. The highest BCUT2D eigenvalue weighted by Gasteiger charge is 2.14. The Kier molecular flexibility index (Phi) is 5.59. The minimum atomic E-state index is -0.520. The molecule has 0 radical (unpaired) electrons. The summed E-state index contributed by atoms with van der Waals surface area (Å²) < 4.78 is 5.69. The first-order valence-electron chi connectivity index (χ1n) is 7.64. The van der Waals surface area contributed by atoms with E-state index in [4.69, 9.17) is 4.74 Å². The van der Waals surface area contributed by atoms with E-state index in [1.165, 1.54) is 5.56 Å². The summed E-state index contributed by atoms with van der Waals surface area (Å²) in [5.74, 6) is 1.09. The molecule has 3 nitrogen and oxygen atoms in total. The number of amides is 1. The van der Waals surface area contributed by atoms with Crippen LogP contribution in [0.25, 0.3) is 0 Å². The lowest BCUT2D eigenvalue weighted by Crippen LogP contribution is -2.35. The smallest absolute Gasteiger partial charge is 0.261 e. The van der Waals surface area contributed by atoms with Gasteiger partial charge in [0.05, 0.1) is 0 Å². The standard InChI is InChI=1S/C19H23NO2/c1-14(2)17-9-11-18(12-10-17)22-15(3)19(21)20-13-16-7-5-4-6-8-16/h4-12,14-15H,13H2,1-3H3,(H,20,21)/t15-/m1/s1. The van der Waals surface area contributed by atoms with Gasteiger partial charge in [0.25, 0.3) is 5.91 Å². The number of nitrogens with one attached hydrogen (secondary N) is 1. The molecule has 0 bridgehead atoms. The van der Waals surface area contributed by atoms with Crippen molar-refractivity contribution < 1.29 is 9.53 Å². The van der Waals surface area contributed by atoms with Crippen LogP contribution in [-0.2, 0) is 11.3 Å². The second-order valence-electron chi connectivity index (χ2n) is 5.69. The van der Waals surface area contributed by atoms with Crippen molar-refractivity contribution >= 4 is 5.91 Å². The van der Waals surface area contributed by atoms with Crippen molar-refractivity contribution in [3.8, 4) is 5.75 Å². The van der Waals surface area contributed by atoms with E-state index in [0.29, 0.717) is 18.2 Å². The summed E-state index contributed by atoms with van der Waals surface area (Å²) in [7, 11) is 0. The molecule has 1 N–H and O–H groups in total. The van der Waals surface area contributed by atoms with E-state index >= 15 is 0 Å². The summed E-state index contributed by atoms with van der Waals surface area (Å²) in [4.78, 5) is 12.1.